The standard InChI is InChI=1S/C14H16N2O3/c1-13(19)5-8(6-13)16-11-10(4-9(17)7-15-11)14(2-3-14)12(16)18/h4,7-8,17,19H,2-3,5-6H2,1H3/t8-,13+. The van der Waals surface area contributed by atoms with Crippen LogP contribution >= 0.6 is 0 Å². The molecule has 2 N–H and O–H groups in total. The molecule has 1 aromatic heterocycles. The molecule has 0 aromatic carbocycles. The molecular weight excluding hydrogens is 244 g/mol. The summed E-state index contributed by atoms with van der Waals surface area (Å²) in [5.41, 5.74) is -0.229. The predicted molar refractivity (Wildman–Crippen MR) is 67.9 cm³/mol. The number of hydrogen-bond acceptors (Lipinski definition) is 4. The van der Waals surface area contributed by atoms with Crippen LogP contribution in [0.15, 0.2) is 12.3 Å². The Labute approximate surface area is 110 Å². The maximum absolute atomic E-state index is 12.6. The first kappa shape index (κ1) is 11.2. The van der Waals surface area contributed by atoms with Crippen LogP contribution in [0.2, 0.25) is 0 Å². The van der Waals surface area contributed by atoms with Gasteiger partial charge in [0, 0.05) is 11.6 Å². The van der Waals surface area contributed by atoms with Crippen LogP contribution in [0, 0.1) is 0 Å². The number of carbonyl (C=O) groups is 1. The van der Waals surface area contributed by atoms with E-state index in [1.165, 1.54) is 6.20 Å². The van der Waals surface area contributed by atoms with Crippen LogP contribution < -0.4 is 4.90 Å². The summed E-state index contributed by atoms with van der Waals surface area (Å²) in [6.45, 7) is 1.79. The summed E-state index contributed by atoms with van der Waals surface area (Å²) in [6.07, 6.45) is 4.25. The van der Waals surface area contributed by atoms with Gasteiger partial charge in [-0.15, -0.1) is 0 Å². The second-order valence-corrected chi connectivity index (χ2v) is 6.38. The van der Waals surface area contributed by atoms with Crippen LogP contribution in [0.5, 0.6) is 5.75 Å². The fourth-order valence-corrected chi connectivity index (χ4v) is 3.52. The Morgan fingerprint density at radius 3 is 2.68 bits per heavy atom. The van der Waals surface area contributed by atoms with E-state index in [1.54, 1.807) is 17.9 Å². The summed E-state index contributed by atoms with van der Waals surface area (Å²) in [6, 6.07) is 1.71. The Morgan fingerprint density at radius 1 is 1.42 bits per heavy atom. The SMILES string of the molecule is C[C@]1(O)C[C@@H](N2C(=O)C3(CC3)c3cc(O)cnc32)C1. The average Bonchev–Trinajstić information content (AvgIpc) is 3.05. The third kappa shape index (κ3) is 1.33. The van der Waals surface area contributed by atoms with E-state index in [0.717, 1.165) is 18.4 Å². The topological polar surface area (TPSA) is 73.7 Å². The summed E-state index contributed by atoms with van der Waals surface area (Å²) < 4.78 is 0. The summed E-state index contributed by atoms with van der Waals surface area (Å²) in [5, 5.41) is 19.5. The van der Waals surface area contributed by atoms with Crippen molar-refractivity contribution in [3.63, 3.8) is 0 Å². The molecule has 2 aliphatic carbocycles. The van der Waals surface area contributed by atoms with Crippen molar-refractivity contribution in [2.24, 2.45) is 0 Å². The first-order valence-electron chi connectivity index (χ1n) is 6.69. The highest BCUT2D eigenvalue weighted by molar-refractivity contribution is 6.09. The molecular formula is C14H16N2O3. The molecule has 0 bridgehead atoms. The molecule has 4 rings (SSSR count). The van der Waals surface area contributed by atoms with Gasteiger partial charge in [0.25, 0.3) is 0 Å². The van der Waals surface area contributed by atoms with Gasteiger partial charge >= 0.3 is 0 Å². The van der Waals surface area contributed by atoms with Crippen LogP contribution in [0.4, 0.5) is 5.82 Å². The van der Waals surface area contributed by atoms with Gasteiger partial charge in [0.05, 0.1) is 17.2 Å². The van der Waals surface area contributed by atoms with Crippen LogP contribution in [0.25, 0.3) is 0 Å². The van der Waals surface area contributed by atoms with Gasteiger partial charge in [0.15, 0.2) is 0 Å². The number of aromatic nitrogens is 1. The largest absolute Gasteiger partial charge is 0.506 e. The zero-order valence-electron chi connectivity index (χ0n) is 10.8. The molecule has 100 valence electrons. The van der Waals surface area contributed by atoms with Gasteiger partial charge in [0.2, 0.25) is 5.91 Å². The van der Waals surface area contributed by atoms with Gasteiger partial charge < -0.3 is 10.2 Å². The number of carbonyl (C=O) groups excluding carboxylic acids is 1. The van der Waals surface area contributed by atoms with Gasteiger partial charge in [-0.25, -0.2) is 4.98 Å². The smallest absolute Gasteiger partial charge is 0.239 e. The molecule has 0 atom stereocenters. The number of anilines is 1. The number of amides is 1. The Bertz CT molecular complexity index is 584. The Balaban J connectivity index is 1.77. The fraction of sp³-hybridized carbons (Fsp3) is 0.571. The normalized spacial score (nSPS) is 34.3. The van der Waals surface area contributed by atoms with Gasteiger partial charge in [-0.1, -0.05) is 0 Å². The van der Waals surface area contributed by atoms with Crippen molar-refractivity contribution in [2.45, 2.75) is 49.7 Å². The number of hydrogen-bond donors (Lipinski definition) is 2. The minimum absolute atomic E-state index is 0.0401. The monoisotopic (exact) mass is 260 g/mol. The van der Waals surface area contributed by atoms with E-state index in [4.69, 9.17) is 0 Å². The van der Waals surface area contributed by atoms with Crippen molar-refractivity contribution in [2.75, 3.05) is 4.90 Å². The average molecular weight is 260 g/mol. The van der Waals surface area contributed by atoms with Gasteiger partial charge in [-0.05, 0) is 38.7 Å². The third-order valence-electron chi connectivity index (χ3n) is 4.69. The highest BCUT2D eigenvalue weighted by Gasteiger charge is 2.62. The third-order valence-corrected chi connectivity index (χ3v) is 4.69. The molecule has 0 unspecified atom stereocenters. The minimum atomic E-state index is -0.665. The van der Waals surface area contributed by atoms with E-state index in [0.29, 0.717) is 18.7 Å². The van der Waals surface area contributed by atoms with Gasteiger partial charge in [-0.2, -0.15) is 0 Å². The maximum Gasteiger partial charge on any atom is 0.239 e. The lowest BCUT2D eigenvalue weighted by molar-refractivity contribution is -0.122. The highest BCUT2D eigenvalue weighted by Crippen LogP contribution is 2.59. The summed E-state index contributed by atoms with van der Waals surface area (Å²) in [7, 11) is 0. The van der Waals surface area contributed by atoms with Crippen molar-refractivity contribution >= 4 is 11.7 Å². The van der Waals surface area contributed by atoms with Crippen LogP contribution in [0.3, 0.4) is 0 Å². The molecule has 1 aromatic rings. The summed E-state index contributed by atoms with van der Waals surface area (Å²) >= 11 is 0. The van der Waals surface area contributed by atoms with Gasteiger partial charge in [0.1, 0.15) is 11.6 Å². The van der Waals surface area contributed by atoms with Crippen molar-refractivity contribution in [3.05, 3.63) is 17.8 Å². The number of pyridine rings is 1. The number of fused-ring (bicyclic) bond motifs is 2. The maximum atomic E-state index is 12.6. The zero-order valence-corrected chi connectivity index (χ0v) is 10.8. The lowest BCUT2D eigenvalue weighted by Gasteiger charge is -2.45. The van der Waals surface area contributed by atoms with E-state index in [1.807, 2.05) is 0 Å². The molecule has 0 radical (unpaired) electrons. The minimum Gasteiger partial charge on any atom is -0.506 e. The molecule has 1 spiro atoms. The first-order valence-corrected chi connectivity index (χ1v) is 6.69. The molecule has 0 saturated heterocycles. The summed E-state index contributed by atoms with van der Waals surface area (Å²) in [5.74, 6) is 0.891. The van der Waals surface area contributed by atoms with E-state index in [2.05, 4.69) is 4.98 Å². The van der Waals surface area contributed by atoms with Crippen LogP contribution in [-0.2, 0) is 10.2 Å². The van der Waals surface area contributed by atoms with Crippen molar-refractivity contribution in [3.8, 4) is 5.75 Å². The van der Waals surface area contributed by atoms with Crippen LogP contribution in [-0.4, -0.2) is 32.7 Å². The summed E-state index contributed by atoms with van der Waals surface area (Å²) in [4.78, 5) is 18.6. The van der Waals surface area contributed by atoms with E-state index in [9.17, 15) is 15.0 Å². The number of nitrogens with zero attached hydrogens (tertiary/aromatic N) is 2. The molecule has 5 heteroatoms. The molecule has 5 nitrogen and oxygen atoms in total. The molecule has 3 aliphatic rings. The lowest BCUT2D eigenvalue weighted by Crippen LogP contribution is -2.55. The van der Waals surface area contributed by atoms with Crippen molar-refractivity contribution in [1.29, 1.82) is 0 Å². The number of rotatable bonds is 1. The predicted octanol–water partition coefficient (Wildman–Crippen LogP) is 1.08. The molecule has 2 heterocycles. The Kier molecular flexibility index (Phi) is 1.83. The fourth-order valence-electron chi connectivity index (χ4n) is 3.52. The van der Waals surface area contributed by atoms with Crippen LogP contribution in [0.1, 0.15) is 38.2 Å². The molecule has 19 heavy (non-hydrogen) atoms. The zero-order chi connectivity index (χ0) is 13.4. The van der Waals surface area contributed by atoms with Crippen molar-refractivity contribution in [1.82, 2.24) is 4.98 Å². The number of aliphatic hydroxyl groups is 1. The lowest BCUT2D eigenvalue weighted by atomic mass is 9.76. The number of aromatic hydroxyl groups is 1. The van der Waals surface area contributed by atoms with E-state index in [-0.39, 0.29) is 17.7 Å². The quantitative estimate of drug-likeness (QED) is 0.792. The second-order valence-electron chi connectivity index (χ2n) is 6.38. The Morgan fingerprint density at radius 2 is 2.11 bits per heavy atom. The first-order chi connectivity index (χ1) is 8.93. The molecule has 1 amide bonds. The molecule has 2 fully saturated rings. The van der Waals surface area contributed by atoms with E-state index < -0.39 is 11.0 Å². The molecule has 1 aliphatic heterocycles. The van der Waals surface area contributed by atoms with E-state index >= 15 is 0 Å². The highest BCUT2D eigenvalue weighted by atomic mass is 16.3. The molecule has 2 saturated carbocycles. The van der Waals surface area contributed by atoms with Gasteiger partial charge in [-0.3, -0.25) is 9.69 Å². The Hall–Kier alpha value is -1.62. The van der Waals surface area contributed by atoms with Crippen molar-refractivity contribution < 1.29 is 15.0 Å². The second kappa shape index (κ2) is 3.10.